The molecule has 0 saturated heterocycles. The molecule has 0 unspecified atom stereocenters. The van der Waals surface area contributed by atoms with Crippen LogP contribution in [0.5, 0.6) is 0 Å². The fourth-order valence-corrected chi connectivity index (χ4v) is 2.93. The van der Waals surface area contributed by atoms with Crippen LogP contribution in [0.3, 0.4) is 0 Å². The van der Waals surface area contributed by atoms with Crippen LogP contribution < -0.4 is 5.73 Å². The third kappa shape index (κ3) is 6.53. The first-order valence-electron chi connectivity index (χ1n) is 4.46. The zero-order valence-electron chi connectivity index (χ0n) is 8.02. The first-order valence-corrected chi connectivity index (χ1v) is 7.58. The SMILES string of the molecule is CCCO[Si](C)(C)CCCN. The van der Waals surface area contributed by atoms with Gasteiger partial charge in [-0.3, -0.25) is 0 Å². The smallest absolute Gasteiger partial charge is 0.186 e. The Kier molecular flexibility index (Phi) is 5.82. The average molecular weight is 175 g/mol. The highest BCUT2D eigenvalue weighted by Gasteiger charge is 2.20. The lowest BCUT2D eigenvalue weighted by molar-refractivity contribution is 0.306. The number of hydrogen-bond acceptors (Lipinski definition) is 2. The largest absolute Gasteiger partial charge is 0.417 e. The van der Waals surface area contributed by atoms with Crippen molar-refractivity contribution in [1.29, 1.82) is 0 Å². The second-order valence-electron chi connectivity index (χ2n) is 3.50. The van der Waals surface area contributed by atoms with Crippen LogP contribution in [0, 0.1) is 0 Å². The van der Waals surface area contributed by atoms with Gasteiger partial charge < -0.3 is 10.2 Å². The topological polar surface area (TPSA) is 35.2 Å². The van der Waals surface area contributed by atoms with E-state index in [1.54, 1.807) is 0 Å². The minimum atomic E-state index is -1.33. The van der Waals surface area contributed by atoms with Gasteiger partial charge in [0.15, 0.2) is 8.32 Å². The molecule has 0 atom stereocenters. The van der Waals surface area contributed by atoms with E-state index in [4.69, 9.17) is 10.2 Å². The molecule has 0 fully saturated rings. The maximum atomic E-state index is 5.76. The molecule has 11 heavy (non-hydrogen) atoms. The van der Waals surface area contributed by atoms with Crippen molar-refractivity contribution in [2.75, 3.05) is 13.2 Å². The highest BCUT2D eigenvalue weighted by molar-refractivity contribution is 6.71. The van der Waals surface area contributed by atoms with E-state index in [0.29, 0.717) is 0 Å². The van der Waals surface area contributed by atoms with Crippen molar-refractivity contribution in [3.63, 3.8) is 0 Å². The summed E-state index contributed by atoms with van der Waals surface area (Å²) in [6.45, 7) is 8.39. The van der Waals surface area contributed by atoms with Crippen LogP contribution in [0.4, 0.5) is 0 Å². The second kappa shape index (κ2) is 5.74. The molecule has 0 bridgehead atoms. The molecule has 0 heterocycles. The normalized spacial score (nSPS) is 12.0. The third-order valence-corrected chi connectivity index (χ3v) is 4.22. The predicted octanol–water partition coefficient (Wildman–Crippen LogP) is 1.97. The molecule has 0 rings (SSSR count). The average Bonchev–Trinajstić information content (AvgIpc) is 1.97. The summed E-state index contributed by atoms with van der Waals surface area (Å²) in [5, 5.41) is 0. The molecular weight excluding hydrogens is 154 g/mol. The summed E-state index contributed by atoms with van der Waals surface area (Å²) in [6.07, 6.45) is 2.24. The summed E-state index contributed by atoms with van der Waals surface area (Å²) in [7, 11) is -1.33. The van der Waals surface area contributed by atoms with Gasteiger partial charge in [0.1, 0.15) is 0 Å². The summed E-state index contributed by atoms with van der Waals surface area (Å²) >= 11 is 0. The minimum Gasteiger partial charge on any atom is -0.417 e. The Hall–Kier alpha value is 0.137. The molecule has 68 valence electrons. The Morgan fingerprint density at radius 3 is 2.45 bits per heavy atom. The first kappa shape index (κ1) is 11.1. The summed E-state index contributed by atoms with van der Waals surface area (Å²) in [5.41, 5.74) is 5.43. The molecule has 0 saturated carbocycles. The van der Waals surface area contributed by atoms with Gasteiger partial charge in [-0.1, -0.05) is 6.92 Å². The number of nitrogens with two attached hydrogens (primary N) is 1. The van der Waals surface area contributed by atoms with Crippen LogP contribution in [0.15, 0.2) is 0 Å². The van der Waals surface area contributed by atoms with Crippen LogP contribution in [-0.4, -0.2) is 21.5 Å². The molecule has 0 radical (unpaired) electrons. The van der Waals surface area contributed by atoms with E-state index in [9.17, 15) is 0 Å². The van der Waals surface area contributed by atoms with Crippen LogP contribution in [0.25, 0.3) is 0 Å². The Bertz CT molecular complexity index is 86.1. The van der Waals surface area contributed by atoms with Gasteiger partial charge in [-0.15, -0.1) is 0 Å². The van der Waals surface area contributed by atoms with Gasteiger partial charge in [0.05, 0.1) is 0 Å². The van der Waals surface area contributed by atoms with Gasteiger partial charge in [0.25, 0.3) is 0 Å². The van der Waals surface area contributed by atoms with Crippen LogP contribution >= 0.6 is 0 Å². The highest BCUT2D eigenvalue weighted by atomic mass is 28.4. The molecule has 0 aliphatic carbocycles. The van der Waals surface area contributed by atoms with Gasteiger partial charge in [-0.25, -0.2) is 0 Å². The number of rotatable bonds is 6. The fraction of sp³-hybridized carbons (Fsp3) is 1.00. The minimum absolute atomic E-state index is 0.798. The van der Waals surface area contributed by atoms with Crippen LogP contribution in [-0.2, 0) is 4.43 Å². The lowest BCUT2D eigenvalue weighted by Crippen LogP contribution is -2.31. The van der Waals surface area contributed by atoms with E-state index in [1.807, 2.05) is 0 Å². The molecule has 2 N–H and O–H groups in total. The third-order valence-electron chi connectivity index (χ3n) is 1.68. The molecule has 0 aromatic heterocycles. The highest BCUT2D eigenvalue weighted by Crippen LogP contribution is 2.12. The standard InChI is InChI=1S/C8H21NOSi/c1-4-7-10-11(2,3)8-5-6-9/h4-9H2,1-3H3. The molecule has 0 aliphatic heterocycles. The number of hydrogen-bond donors (Lipinski definition) is 1. The van der Waals surface area contributed by atoms with E-state index in [-0.39, 0.29) is 0 Å². The molecular formula is C8H21NOSi. The fourth-order valence-electron chi connectivity index (χ4n) is 0.978. The Morgan fingerprint density at radius 2 is 2.00 bits per heavy atom. The van der Waals surface area contributed by atoms with E-state index < -0.39 is 8.32 Å². The monoisotopic (exact) mass is 175 g/mol. The van der Waals surface area contributed by atoms with Gasteiger partial charge >= 0.3 is 0 Å². The lowest BCUT2D eigenvalue weighted by Gasteiger charge is -2.21. The summed E-state index contributed by atoms with van der Waals surface area (Å²) < 4.78 is 5.76. The Morgan fingerprint density at radius 1 is 1.36 bits per heavy atom. The van der Waals surface area contributed by atoms with E-state index in [0.717, 1.165) is 26.0 Å². The van der Waals surface area contributed by atoms with Gasteiger partial charge in [0, 0.05) is 6.61 Å². The molecule has 2 nitrogen and oxygen atoms in total. The second-order valence-corrected chi connectivity index (χ2v) is 7.81. The molecule has 0 amide bonds. The lowest BCUT2D eigenvalue weighted by atomic mass is 10.5. The molecule has 0 aliphatic rings. The Balaban J connectivity index is 3.43. The quantitative estimate of drug-likeness (QED) is 0.626. The van der Waals surface area contributed by atoms with E-state index in [2.05, 4.69) is 20.0 Å². The van der Waals surface area contributed by atoms with Gasteiger partial charge in [-0.2, -0.15) is 0 Å². The summed E-state index contributed by atoms with van der Waals surface area (Å²) in [5.74, 6) is 0. The van der Waals surface area contributed by atoms with Crippen molar-refractivity contribution in [3.8, 4) is 0 Å². The zero-order chi connectivity index (χ0) is 8.74. The van der Waals surface area contributed by atoms with Crippen molar-refractivity contribution >= 4 is 8.32 Å². The molecule has 0 spiro atoms. The van der Waals surface area contributed by atoms with Gasteiger partial charge in [0.2, 0.25) is 0 Å². The molecule has 0 aromatic rings. The van der Waals surface area contributed by atoms with Crippen LogP contribution in [0.1, 0.15) is 19.8 Å². The predicted molar refractivity (Wildman–Crippen MR) is 52.2 cm³/mol. The summed E-state index contributed by atoms with van der Waals surface area (Å²) in [6, 6.07) is 1.20. The first-order chi connectivity index (χ1) is 5.12. The Labute approximate surface area is 71.3 Å². The molecule has 3 heteroatoms. The van der Waals surface area contributed by atoms with Crippen molar-refractivity contribution in [2.45, 2.75) is 38.9 Å². The maximum absolute atomic E-state index is 5.76. The maximum Gasteiger partial charge on any atom is 0.186 e. The van der Waals surface area contributed by atoms with Gasteiger partial charge in [-0.05, 0) is 38.5 Å². The van der Waals surface area contributed by atoms with E-state index in [1.165, 1.54) is 6.04 Å². The van der Waals surface area contributed by atoms with Crippen molar-refractivity contribution in [3.05, 3.63) is 0 Å². The zero-order valence-corrected chi connectivity index (χ0v) is 9.02. The van der Waals surface area contributed by atoms with Crippen molar-refractivity contribution in [1.82, 2.24) is 0 Å². The summed E-state index contributed by atoms with van der Waals surface area (Å²) in [4.78, 5) is 0. The van der Waals surface area contributed by atoms with Crippen molar-refractivity contribution < 1.29 is 4.43 Å². The van der Waals surface area contributed by atoms with Crippen LogP contribution in [0.2, 0.25) is 19.1 Å². The molecule has 0 aromatic carbocycles. The van der Waals surface area contributed by atoms with Crippen molar-refractivity contribution in [2.24, 2.45) is 5.73 Å². The van der Waals surface area contributed by atoms with E-state index >= 15 is 0 Å².